The largest absolute Gasteiger partial charge is 0.478 e. The van der Waals surface area contributed by atoms with Crippen LogP contribution in [0.3, 0.4) is 0 Å². The average molecular weight is 266 g/mol. The van der Waals surface area contributed by atoms with Crippen molar-refractivity contribution in [3.8, 4) is 0 Å². The number of carbonyl (C=O) groups is 1. The number of aromatic nitrogens is 3. The minimum absolute atomic E-state index is 0.115. The van der Waals surface area contributed by atoms with E-state index < -0.39 is 17.3 Å². The van der Waals surface area contributed by atoms with Gasteiger partial charge >= 0.3 is 5.97 Å². The van der Waals surface area contributed by atoms with E-state index in [9.17, 15) is 9.18 Å². The molecule has 2 aromatic rings. The average Bonchev–Trinajstić information content (AvgIpc) is 2.77. The van der Waals surface area contributed by atoms with Gasteiger partial charge in [-0.15, -0.1) is 0 Å². The Bertz CT molecular complexity index is 599. The summed E-state index contributed by atoms with van der Waals surface area (Å²) in [6, 6.07) is 1.10. The number of halogens is 1. The van der Waals surface area contributed by atoms with Gasteiger partial charge in [0, 0.05) is 19.2 Å². The lowest BCUT2D eigenvalue weighted by Gasteiger charge is -2.06. The summed E-state index contributed by atoms with van der Waals surface area (Å²) in [5, 5.41) is 15.1. The fourth-order valence-electron chi connectivity index (χ4n) is 1.46. The summed E-state index contributed by atoms with van der Waals surface area (Å²) in [6.45, 7) is 1.99. The number of hydrogen-bond acceptors (Lipinski definition) is 6. The Labute approximate surface area is 107 Å². The fraction of sp³-hybridized carbons (Fsp3) is 0.273. The van der Waals surface area contributed by atoms with Gasteiger partial charge in [0.05, 0.1) is 0 Å². The third-order valence-corrected chi connectivity index (χ3v) is 2.32. The quantitative estimate of drug-likeness (QED) is 0.840. The predicted molar refractivity (Wildman–Crippen MR) is 62.4 cm³/mol. The predicted octanol–water partition coefficient (Wildman–Crippen LogP) is 1.26. The third-order valence-electron chi connectivity index (χ3n) is 2.32. The molecule has 0 fully saturated rings. The monoisotopic (exact) mass is 266 g/mol. The van der Waals surface area contributed by atoms with E-state index >= 15 is 0 Å². The van der Waals surface area contributed by atoms with E-state index in [1.54, 1.807) is 6.92 Å². The van der Waals surface area contributed by atoms with Crippen LogP contribution in [0.25, 0.3) is 0 Å². The smallest absolute Gasteiger partial charge is 0.338 e. The van der Waals surface area contributed by atoms with Crippen molar-refractivity contribution in [3.63, 3.8) is 0 Å². The highest BCUT2D eigenvalue weighted by Gasteiger charge is 2.14. The Morgan fingerprint density at radius 2 is 2.37 bits per heavy atom. The molecule has 19 heavy (non-hydrogen) atoms. The van der Waals surface area contributed by atoms with Crippen LogP contribution in [0, 0.1) is 12.7 Å². The lowest BCUT2D eigenvalue weighted by Crippen LogP contribution is -2.11. The number of aryl methyl sites for hydroxylation is 1. The number of pyridine rings is 1. The zero-order valence-electron chi connectivity index (χ0n) is 10.1. The molecule has 0 aliphatic carbocycles. The molecule has 2 heterocycles. The van der Waals surface area contributed by atoms with Crippen molar-refractivity contribution < 1.29 is 18.8 Å². The number of anilines is 1. The molecule has 7 nitrogen and oxygen atoms in total. The lowest BCUT2D eigenvalue weighted by molar-refractivity contribution is 0.0692. The number of nitrogens with zero attached hydrogens (tertiary/aromatic N) is 3. The topological polar surface area (TPSA) is 101 Å². The van der Waals surface area contributed by atoms with E-state index in [1.165, 1.54) is 6.20 Å². The van der Waals surface area contributed by atoms with Gasteiger partial charge in [0.15, 0.2) is 17.5 Å². The van der Waals surface area contributed by atoms with E-state index in [-0.39, 0.29) is 5.82 Å². The van der Waals surface area contributed by atoms with Gasteiger partial charge in [0.1, 0.15) is 5.56 Å². The van der Waals surface area contributed by atoms with E-state index in [2.05, 4.69) is 20.4 Å². The highest BCUT2D eigenvalue weighted by molar-refractivity contribution is 5.88. The van der Waals surface area contributed by atoms with Crippen molar-refractivity contribution in [3.05, 3.63) is 35.4 Å². The summed E-state index contributed by atoms with van der Waals surface area (Å²) in [6.07, 6.45) is 1.62. The van der Waals surface area contributed by atoms with E-state index in [0.717, 1.165) is 6.07 Å². The Kier molecular flexibility index (Phi) is 3.69. The van der Waals surface area contributed by atoms with Gasteiger partial charge in [-0.05, 0) is 13.0 Å². The molecule has 0 amide bonds. The third kappa shape index (κ3) is 3.03. The number of carboxylic acids is 1. The molecule has 0 aliphatic rings. The molecule has 0 radical (unpaired) electrons. The summed E-state index contributed by atoms with van der Waals surface area (Å²) in [7, 11) is 0. The first kappa shape index (κ1) is 12.9. The molecule has 0 saturated carbocycles. The zero-order chi connectivity index (χ0) is 13.8. The Morgan fingerprint density at radius 3 is 3.00 bits per heavy atom. The van der Waals surface area contributed by atoms with Crippen LogP contribution in [0.5, 0.6) is 0 Å². The maximum absolute atomic E-state index is 13.7. The molecule has 2 rings (SSSR count). The van der Waals surface area contributed by atoms with Crippen molar-refractivity contribution in [1.29, 1.82) is 0 Å². The summed E-state index contributed by atoms with van der Waals surface area (Å²) in [4.78, 5) is 18.5. The molecule has 2 N–H and O–H groups in total. The van der Waals surface area contributed by atoms with Crippen LogP contribution < -0.4 is 5.32 Å². The molecule has 0 spiro atoms. The summed E-state index contributed by atoms with van der Waals surface area (Å²) in [5.74, 6) is -1.41. The molecule has 0 aliphatic heterocycles. The summed E-state index contributed by atoms with van der Waals surface area (Å²) >= 11 is 0. The van der Waals surface area contributed by atoms with Crippen LogP contribution in [-0.2, 0) is 6.42 Å². The van der Waals surface area contributed by atoms with Crippen LogP contribution in [0.15, 0.2) is 16.8 Å². The first-order valence-corrected chi connectivity index (χ1v) is 5.49. The molecular weight excluding hydrogens is 255 g/mol. The SMILES string of the molecule is Cc1noc(CCNc2nccc(C(=O)O)c2F)n1. The van der Waals surface area contributed by atoms with Gasteiger partial charge in [-0.3, -0.25) is 0 Å². The lowest BCUT2D eigenvalue weighted by atomic mass is 10.2. The number of carboxylic acid groups (broad SMARTS) is 1. The molecule has 2 aromatic heterocycles. The second-order valence-corrected chi connectivity index (χ2v) is 3.74. The highest BCUT2D eigenvalue weighted by Crippen LogP contribution is 2.14. The summed E-state index contributed by atoms with van der Waals surface area (Å²) in [5.41, 5.74) is -0.425. The van der Waals surface area contributed by atoms with E-state index in [0.29, 0.717) is 24.7 Å². The molecular formula is C11H11FN4O3. The number of nitrogens with one attached hydrogen (secondary N) is 1. The number of aromatic carboxylic acids is 1. The van der Waals surface area contributed by atoms with Crippen LogP contribution in [-0.4, -0.2) is 32.7 Å². The van der Waals surface area contributed by atoms with Gasteiger partial charge in [-0.1, -0.05) is 5.16 Å². The minimum Gasteiger partial charge on any atom is -0.478 e. The Hall–Kier alpha value is -2.51. The maximum atomic E-state index is 13.7. The number of rotatable bonds is 5. The second kappa shape index (κ2) is 5.42. The molecule has 0 aromatic carbocycles. The Balaban J connectivity index is 2.00. The highest BCUT2D eigenvalue weighted by atomic mass is 19.1. The van der Waals surface area contributed by atoms with Crippen molar-refractivity contribution >= 4 is 11.8 Å². The van der Waals surface area contributed by atoms with Crippen LogP contribution in [0.4, 0.5) is 10.2 Å². The van der Waals surface area contributed by atoms with Crippen LogP contribution in [0.1, 0.15) is 22.1 Å². The Morgan fingerprint density at radius 1 is 1.58 bits per heavy atom. The van der Waals surface area contributed by atoms with Gasteiger partial charge in [0.2, 0.25) is 5.89 Å². The number of hydrogen-bond donors (Lipinski definition) is 2. The minimum atomic E-state index is -1.34. The van der Waals surface area contributed by atoms with Crippen molar-refractivity contribution in [2.45, 2.75) is 13.3 Å². The van der Waals surface area contributed by atoms with Gasteiger partial charge in [0.25, 0.3) is 0 Å². The molecule has 0 atom stereocenters. The van der Waals surface area contributed by atoms with E-state index in [4.69, 9.17) is 9.63 Å². The van der Waals surface area contributed by atoms with Crippen molar-refractivity contribution in [1.82, 2.24) is 15.1 Å². The molecule has 0 saturated heterocycles. The first-order valence-electron chi connectivity index (χ1n) is 5.49. The van der Waals surface area contributed by atoms with Crippen LogP contribution in [0.2, 0.25) is 0 Å². The van der Waals surface area contributed by atoms with Crippen LogP contribution >= 0.6 is 0 Å². The molecule has 0 bridgehead atoms. The van der Waals surface area contributed by atoms with Gasteiger partial charge < -0.3 is 14.9 Å². The van der Waals surface area contributed by atoms with Crippen molar-refractivity contribution in [2.75, 3.05) is 11.9 Å². The maximum Gasteiger partial charge on any atom is 0.338 e. The summed E-state index contributed by atoms with van der Waals surface area (Å²) < 4.78 is 18.6. The second-order valence-electron chi connectivity index (χ2n) is 3.74. The molecule has 8 heteroatoms. The fourth-order valence-corrected chi connectivity index (χ4v) is 1.46. The van der Waals surface area contributed by atoms with Crippen molar-refractivity contribution in [2.24, 2.45) is 0 Å². The zero-order valence-corrected chi connectivity index (χ0v) is 10.1. The molecule has 0 unspecified atom stereocenters. The standard InChI is InChI=1S/C11H11FN4O3/c1-6-15-8(19-16-6)3-5-14-10-9(12)7(11(17)18)2-4-13-10/h2,4H,3,5H2,1H3,(H,13,14)(H,17,18). The van der Waals surface area contributed by atoms with E-state index in [1.807, 2.05) is 0 Å². The molecule has 100 valence electrons. The van der Waals surface area contributed by atoms with Gasteiger partial charge in [-0.25, -0.2) is 14.2 Å². The van der Waals surface area contributed by atoms with Gasteiger partial charge in [-0.2, -0.15) is 4.98 Å². The first-order chi connectivity index (χ1) is 9.08. The normalized spacial score (nSPS) is 10.4.